The summed E-state index contributed by atoms with van der Waals surface area (Å²) in [6.07, 6.45) is 1.01. The van der Waals surface area contributed by atoms with E-state index in [4.69, 9.17) is 9.47 Å². The highest BCUT2D eigenvalue weighted by atomic mass is 16.6. The molecule has 2 aromatic carbocycles. The predicted molar refractivity (Wildman–Crippen MR) is 105 cm³/mol. The SMILES string of the molecule is CCCN(CC)c1cc(OC)c(N=Nc2ccc([N+](=O)[O-])cc2)cc1OC. The van der Waals surface area contributed by atoms with E-state index in [9.17, 15) is 10.1 Å². The van der Waals surface area contributed by atoms with Gasteiger partial charge in [0.2, 0.25) is 0 Å². The summed E-state index contributed by atoms with van der Waals surface area (Å²) in [7, 11) is 3.19. The van der Waals surface area contributed by atoms with Gasteiger partial charge in [-0.1, -0.05) is 6.92 Å². The number of nitro groups is 1. The number of azo groups is 1. The van der Waals surface area contributed by atoms with Gasteiger partial charge in [-0.25, -0.2) is 0 Å². The molecule has 0 bridgehead atoms. The first-order valence-electron chi connectivity index (χ1n) is 8.71. The van der Waals surface area contributed by atoms with Crippen LogP contribution in [-0.2, 0) is 0 Å². The molecule has 0 unspecified atom stereocenters. The Kier molecular flexibility index (Phi) is 7.10. The maximum atomic E-state index is 10.7. The standard InChI is InChI=1S/C19H24N4O4/c1-5-11-22(6-2)17-13-18(26-3)16(12-19(17)27-4)21-20-14-7-9-15(10-8-14)23(24)25/h7-10,12-13H,5-6,11H2,1-4H3. The quantitative estimate of drug-likeness (QED) is 0.340. The molecule has 2 rings (SSSR count). The molecule has 2 aromatic rings. The Bertz CT molecular complexity index is 806. The van der Waals surface area contributed by atoms with Crippen LogP contribution in [-0.4, -0.2) is 32.2 Å². The van der Waals surface area contributed by atoms with Crippen LogP contribution >= 0.6 is 0 Å². The fraction of sp³-hybridized carbons (Fsp3) is 0.368. The molecule has 0 heterocycles. The summed E-state index contributed by atoms with van der Waals surface area (Å²) in [5.41, 5.74) is 1.97. The molecule has 0 aliphatic heterocycles. The Morgan fingerprint density at radius 2 is 1.70 bits per heavy atom. The predicted octanol–water partition coefficient (Wildman–Crippen LogP) is 5.26. The minimum atomic E-state index is -0.455. The van der Waals surface area contributed by atoms with E-state index in [1.54, 1.807) is 32.4 Å². The highest BCUT2D eigenvalue weighted by Gasteiger charge is 2.15. The van der Waals surface area contributed by atoms with Crippen molar-refractivity contribution in [2.75, 3.05) is 32.2 Å². The van der Waals surface area contributed by atoms with Gasteiger partial charge in [-0.3, -0.25) is 10.1 Å². The fourth-order valence-corrected chi connectivity index (χ4v) is 2.66. The van der Waals surface area contributed by atoms with Crippen LogP contribution in [0.1, 0.15) is 20.3 Å². The number of hydrogen-bond acceptors (Lipinski definition) is 7. The van der Waals surface area contributed by atoms with Crippen LogP contribution in [0.5, 0.6) is 11.5 Å². The van der Waals surface area contributed by atoms with Crippen LogP contribution in [0.3, 0.4) is 0 Å². The van der Waals surface area contributed by atoms with Crippen molar-refractivity contribution in [2.45, 2.75) is 20.3 Å². The molecule has 0 atom stereocenters. The van der Waals surface area contributed by atoms with Gasteiger partial charge < -0.3 is 14.4 Å². The van der Waals surface area contributed by atoms with Crippen molar-refractivity contribution >= 4 is 22.7 Å². The van der Waals surface area contributed by atoms with Gasteiger partial charge in [-0.05, 0) is 25.5 Å². The van der Waals surface area contributed by atoms with Crippen LogP contribution in [0.2, 0.25) is 0 Å². The molecule has 0 spiro atoms. The molecule has 8 heteroatoms. The van der Waals surface area contributed by atoms with Crippen LogP contribution in [0.15, 0.2) is 46.6 Å². The van der Waals surface area contributed by atoms with Gasteiger partial charge in [0.25, 0.3) is 5.69 Å². The van der Waals surface area contributed by atoms with Crippen molar-refractivity contribution in [2.24, 2.45) is 10.2 Å². The molecule has 0 radical (unpaired) electrons. The molecule has 144 valence electrons. The Balaban J connectivity index is 2.36. The Morgan fingerprint density at radius 3 is 2.22 bits per heavy atom. The molecule has 0 amide bonds. The number of anilines is 1. The van der Waals surface area contributed by atoms with Crippen molar-refractivity contribution in [1.29, 1.82) is 0 Å². The lowest BCUT2D eigenvalue weighted by molar-refractivity contribution is -0.384. The summed E-state index contributed by atoms with van der Waals surface area (Å²) >= 11 is 0. The Hall–Kier alpha value is -3.16. The van der Waals surface area contributed by atoms with Crippen molar-refractivity contribution < 1.29 is 14.4 Å². The van der Waals surface area contributed by atoms with Crippen LogP contribution < -0.4 is 14.4 Å². The molecular weight excluding hydrogens is 348 g/mol. The molecule has 0 aliphatic carbocycles. The van der Waals surface area contributed by atoms with Gasteiger partial charge >= 0.3 is 0 Å². The highest BCUT2D eigenvalue weighted by Crippen LogP contribution is 2.40. The third-order valence-electron chi connectivity index (χ3n) is 4.03. The first kappa shape index (κ1) is 20.2. The average Bonchev–Trinajstić information content (AvgIpc) is 2.70. The van der Waals surface area contributed by atoms with Crippen molar-refractivity contribution in [1.82, 2.24) is 0 Å². The number of methoxy groups -OCH3 is 2. The summed E-state index contributed by atoms with van der Waals surface area (Å²) < 4.78 is 11.0. The molecule has 27 heavy (non-hydrogen) atoms. The van der Waals surface area contributed by atoms with Crippen molar-refractivity contribution in [3.8, 4) is 11.5 Å². The summed E-state index contributed by atoms with van der Waals surface area (Å²) in [6.45, 7) is 5.96. The van der Waals surface area contributed by atoms with E-state index in [1.807, 2.05) is 6.07 Å². The minimum Gasteiger partial charge on any atom is -0.494 e. The molecule has 0 saturated heterocycles. The number of hydrogen-bond donors (Lipinski definition) is 0. The van der Waals surface area contributed by atoms with E-state index in [0.717, 1.165) is 25.2 Å². The normalized spacial score (nSPS) is 10.8. The maximum Gasteiger partial charge on any atom is 0.269 e. The second kappa shape index (κ2) is 9.51. The topological polar surface area (TPSA) is 89.6 Å². The Morgan fingerprint density at radius 1 is 1.04 bits per heavy atom. The second-order valence-corrected chi connectivity index (χ2v) is 5.75. The van der Waals surface area contributed by atoms with Crippen LogP contribution in [0, 0.1) is 10.1 Å². The highest BCUT2D eigenvalue weighted by molar-refractivity contribution is 5.70. The largest absolute Gasteiger partial charge is 0.494 e. The van der Waals surface area contributed by atoms with Gasteiger partial charge in [0, 0.05) is 37.4 Å². The van der Waals surface area contributed by atoms with Gasteiger partial charge in [0.15, 0.2) is 0 Å². The van der Waals surface area contributed by atoms with Gasteiger partial charge in [-0.15, -0.1) is 5.11 Å². The monoisotopic (exact) mass is 372 g/mol. The molecule has 0 aromatic heterocycles. The summed E-state index contributed by atoms with van der Waals surface area (Å²) in [5.74, 6) is 1.26. The number of nitrogens with zero attached hydrogens (tertiary/aromatic N) is 4. The van der Waals surface area contributed by atoms with E-state index in [0.29, 0.717) is 22.9 Å². The zero-order valence-electron chi connectivity index (χ0n) is 16.0. The second-order valence-electron chi connectivity index (χ2n) is 5.75. The molecule has 0 saturated carbocycles. The van der Waals surface area contributed by atoms with E-state index < -0.39 is 4.92 Å². The van der Waals surface area contributed by atoms with E-state index >= 15 is 0 Å². The number of benzene rings is 2. The minimum absolute atomic E-state index is 0.00753. The fourth-order valence-electron chi connectivity index (χ4n) is 2.66. The summed E-state index contributed by atoms with van der Waals surface area (Å²) in [4.78, 5) is 12.5. The molecular formula is C19H24N4O4. The smallest absolute Gasteiger partial charge is 0.269 e. The Labute approximate surface area is 158 Å². The first-order chi connectivity index (χ1) is 13.0. The summed E-state index contributed by atoms with van der Waals surface area (Å²) in [5, 5.41) is 19.1. The third kappa shape index (κ3) is 4.93. The van der Waals surface area contributed by atoms with Gasteiger partial charge in [-0.2, -0.15) is 5.11 Å². The van der Waals surface area contributed by atoms with Crippen molar-refractivity contribution in [3.63, 3.8) is 0 Å². The first-order valence-corrected chi connectivity index (χ1v) is 8.71. The lowest BCUT2D eigenvalue weighted by Crippen LogP contribution is -2.23. The zero-order valence-corrected chi connectivity index (χ0v) is 16.0. The lowest BCUT2D eigenvalue weighted by atomic mass is 10.2. The summed E-state index contributed by atoms with van der Waals surface area (Å²) in [6, 6.07) is 9.53. The van der Waals surface area contributed by atoms with E-state index in [2.05, 4.69) is 29.0 Å². The molecule has 0 N–H and O–H groups in total. The number of non-ortho nitro benzene ring substituents is 1. The van der Waals surface area contributed by atoms with E-state index in [1.165, 1.54) is 12.1 Å². The number of rotatable bonds is 9. The maximum absolute atomic E-state index is 10.7. The van der Waals surface area contributed by atoms with Gasteiger partial charge in [0.1, 0.15) is 17.2 Å². The van der Waals surface area contributed by atoms with Crippen molar-refractivity contribution in [3.05, 3.63) is 46.5 Å². The number of nitro benzene ring substituents is 1. The molecule has 0 aliphatic rings. The number of ether oxygens (including phenoxy) is 2. The van der Waals surface area contributed by atoms with Crippen LogP contribution in [0.25, 0.3) is 0 Å². The van der Waals surface area contributed by atoms with Gasteiger partial charge in [0.05, 0.1) is 30.5 Å². The van der Waals surface area contributed by atoms with Crippen LogP contribution in [0.4, 0.5) is 22.7 Å². The molecule has 8 nitrogen and oxygen atoms in total. The third-order valence-corrected chi connectivity index (χ3v) is 4.03. The average molecular weight is 372 g/mol. The van der Waals surface area contributed by atoms with E-state index in [-0.39, 0.29) is 5.69 Å². The lowest BCUT2D eigenvalue weighted by Gasteiger charge is -2.25. The molecule has 0 fully saturated rings. The zero-order chi connectivity index (χ0) is 19.8.